The molecular weight excluding hydrogens is 272 g/mol. The molecule has 0 saturated carbocycles. The molecule has 3 nitrogen and oxygen atoms in total. The highest BCUT2D eigenvalue weighted by Gasteiger charge is 2.25. The van der Waals surface area contributed by atoms with Crippen LogP contribution in [0, 0.1) is 0 Å². The summed E-state index contributed by atoms with van der Waals surface area (Å²) < 4.78 is 0. The quantitative estimate of drug-likeness (QED) is 0.820. The van der Waals surface area contributed by atoms with Crippen molar-refractivity contribution in [2.75, 3.05) is 16.8 Å². The summed E-state index contributed by atoms with van der Waals surface area (Å²) in [7, 11) is 0. The highest BCUT2D eigenvalue weighted by Crippen LogP contribution is 2.31. The van der Waals surface area contributed by atoms with E-state index in [4.69, 9.17) is 0 Å². The van der Waals surface area contributed by atoms with Crippen LogP contribution in [0.3, 0.4) is 0 Å². The zero-order valence-corrected chi connectivity index (χ0v) is 13.4. The van der Waals surface area contributed by atoms with Crippen molar-refractivity contribution < 1.29 is 4.79 Å². The highest BCUT2D eigenvalue weighted by molar-refractivity contribution is 6.03. The Labute approximate surface area is 132 Å². The van der Waals surface area contributed by atoms with Gasteiger partial charge in [0, 0.05) is 17.9 Å². The molecule has 1 heterocycles. The van der Waals surface area contributed by atoms with Crippen LogP contribution >= 0.6 is 0 Å². The summed E-state index contributed by atoms with van der Waals surface area (Å²) in [4.78, 5) is 14.5. The average molecular weight is 294 g/mol. The van der Waals surface area contributed by atoms with Crippen LogP contribution < -0.4 is 10.2 Å². The predicted molar refractivity (Wildman–Crippen MR) is 91.7 cm³/mol. The number of para-hydroxylation sites is 2. The molecule has 0 unspecified atom stereocenters. The zero-order valence-electron chi connectivity index (χ0n) is 13.4. The minimum atomic E-state index is -0.0540. The first kappa shape index (κ1) is 14.6. The molecular formula is C19H22N2O. The number of rotatable bonds is 1. The maximum Gasteiger partial charge on any atom is 0.326 e. The lowest BCUT2D eigenvalue weighted by molar-refractivity contribution is 0.257. The summed E-state index contributed by atoms with van der Waals surface area (Å²) in [5.74, 6) is 0. The van der Waals surface area contributed by atoms with Crippen LogP contribution in [-0.2, 0) is 11.8 Å². The van der Waals surface area contributed by atoms with Gasteiger partial charge in [-0.1, -0.05) is 57.2 Å². The van der Waals surface area contributed by atoms with Gasteiger partial charge in [0.05, 0.1) is 0 Å². The van der Waals surface area contributed by atoms with E-state index >= 15 is 0 Å². The van der Waals surface area contributed by atoms with Gasteiger partial charge in [0.2, 0.25) is 0 Å². The van der Waals surface area contributed by atoms with Crippen LogP contribution in [0.15, 0.2) is 48.5 Å². The van der Waals surface area contributed by atoms with E-state index in [-0.39, 0.29) is 11.4 Å². The molecule has 3 heteroatoms. The third kappa shape index (κ3) is 2.71. The van der Waals surface area contributed by atoms with Crippen molar-refractivity contribution >= 4 is 17.4 Å². The Kier molecular flexibility index (Phi) is 3.65. The number of anilines is 2. The van der Waals surface area contributed by atoms with Gasteiger partial charge in [-0.3, -0.25) is 4.90 Å². The fourth-order valence-electron chi connectivity index (χ4n) is 2.98. The van der Waals surface area contributed by atoms with Crippen LogP contribution in [-0.4, -0.2) is 12.6 Å². The Morgan fingerprint density at radius 1 is 1.05 bits per heavy atom. The number of nitrogens with zero attached hydrogens (tertiary/aromatic N) is 1. The van der Waals surface area contributed by atoms with Gasteiger partial charge in [0.1, 0.15) is 0 Å². The molecule has 2 aromatic rings. The van der Waals surface area contributed by atoms with Gasteiger partial charge in [-0.2, -0.15) is 0 Å². The van der Waals surface area contributed by atoms with Crippen molar-refractivity contribution in [1.82, 2.24) is 0 Å². The van der Waals surface area contributed by atoms with Gasteiger partial charge in [0.25, 0.3) is 0 Å². The Morgan fingerprint density at radius 2 is 1.73 bits per heavy atom. The van der Waals surface area contributed by atoms with E-state index in [1.165, 1.54) is 5.56 Å². The first-order valence-electron chi connectivity index (χ1n) is 7.73. The molecule has 2 amide bonds. The Balaban J connectivity index is 1.85. The lowest BCUT2D eigenvalue weighted by Gasteiger charge is -2.25. The average Bonchev–Trinajstić information content (AvgIpc) is 2.90. The van der Waals surface area contributed by atoms with Gasteiger partial charge in [-0.25, -0.2) is 4.79 Å². The summed E-state index contributed by atoms with van der Waals surface area (Å²) in [6, 6.07) is 16.1. The second-order valence-electron chi connectivity index (χ2n) is 6.76. The fourth-order valence-corrected chi connectivity index (χ4v) is 2.98. The van der Waals surface area contributed by atoms with Gasteiger partial charge in [0.15, 0.2) is 0 Å². The largest absolute Gasteiger partial charge is 0.326 e. The molecule has 0 saturated heterocycles. The molecule has 1 aliphatic rings. The molecule has 0 aliphatic carbocycles. The van der Waals surface area contributed by atoms with Crippen LogP contribution in [0.5, 0.6) is 0 Å². The minimum absolute atomic E-state index is 0.00715. The number of benzene rings is 2. The van der Waals surface area contributed by atoms with Crippen molar-refractivity contribution in [3.63, 3.8) is 0 Å². The molecule has 0 radical (unpaired) electrons. The minimum Gasteiger partial charge on any atom is -0.307 e. The number of fused-ring (bicyclic) bond motifs is 1. The molecule has 0 aromatic heterocycles. The maximum absolute atomic E-state index is 12.7. The lowest BCUT2D eigenvalue weighted by atomic mass is 9.86. The highest BCUT2D eigenvalue weighted by atomic mass is 16.2. The van der Waals surface area contributed by atoms with E-state index < -0.39 is 0 Å². The van der Waals surface area contributed by atoms with Gasteiger partial charge < -0.3 is 5.32 Å². The SMILES string of the molecule is CC(C)(C)c1ccccc1NC(=O)N1CCc2ccccc21. The first-order chi connectivity index (χ1) is 10.5. The van der Waals surface area contributed by atoms with E-state index in [0.717, 1.165) is 29.9 Å². The molecule has 114 valence electrons. The Bertz CT molecular complexity index is 701. The van der Waals surface area contributed by atoms with E-state index in [1.54, 1.807) is 0 Å². The van der Waals surface area contributed by atoms with Gasteiger partial charge >= 0.3 is 6.03 Å². The smallest absolute Gasteiger partial charge is 0.307 e. The molecule has 0 bridgehead atoms. The molecule has 0 fully saturated rings. The lowest BCUT2D eigenvalue weighted by Crippen LogP contribution is -2.34. The third-order valence-electron chi connectivity index (χ3n) is 4.11. The van der Waals surface area contributed by atoms with Crippen molar-refractivity contribution in [3.05, 3.63) is 59.7 Å². The van der Waals surface area contributed by atoms with E-state index in [9.17, 15) is 4.79 Å². The van der Waals surface area contributed by atoms with Crippen molar-refractivity contribution in [2.45, 2.75) is 32.6 Å². The summed E-state index contributed by atoms with van der Waals surface area (Å²) in [5.41, 5.74) is 4.29. The van der Waals surface area contributed by atoms with Crippen molar-refractivity contribution in [3.8, 4) is 0 Å². The summed E-state index contributed by atoms with van der Waals surface area (Å²) in [6.45, 7) is 7.21. The molecule has 3 rings (SSSR count). The molecule has 0 atom stereocenters. The standard InChI is InChI=1S/C19H22N2O/c1-19(2,3)15-9-5-6-10-16(15)20-18(22)21-13-12-14-8-4-7-11-17(14)21/h4-11H,12-13H2,1-3H3,(H,20,22). The molecule has 1 N–H and O–H groups in total. The second kappa shape index (κ2) is 5.48. The third-order valence-corrected chi connectivity index (χ3v) is 4.11. The number of carbonyl (C=O) groups excluding carboxylic acids is 1. The molecule has 1 aliphatic heterocycles. The van der Waals surface area contributed by atoms with E-state index in [1.807, 2.05) is 41.3 Å². The van der Waals surface area contributed by atoms with Crippen LogP contribution in [0.25, 0.3) is 0 Å². The summed E-state index contributed by atoms with van der Waals surface area (Å²) in [6.07, 6.45) is 0.921. The van der Waals surface area contributed by atoms with Crippen molar-refractivity contribution in [2.24, 2.45) is 0 Å². The van der Waals surface area contributed by atoms with E-state index in [0.29, 0.717) is 0 Å². The zero-order chi connectivity index (χ0) is 15.7. The Morgan fingerprint density at radius 3 is 2.50 bits per heavy atom. The molecule has 2 aromatic carbocycles. The first-order valence-corrected chi connectivity index (χ1v) is 7.73. The summed E-state index contributed by atoms with van der Waals surface area (Å²) >= 11 is 0. The summed E-state index contributed by atoms with van der Waals surface area (Å²) in [5, 5.41) is 3.09. The maximum atomic E-state index is 12.7. The number of amides is 2. The van der Waals surface area contributed by atoms with Gasteiger partial charge in [-0.15, -0.1) is 0 Å². The van der Waals surface area contributed by atoms with Crippen LogP contribution in [0.4, 0.5) is 16.2 Å². The number of urea groups is 1. The second-order valence-corrected chi connectivity index (χ2v) is 6.76. The number of hydrogen-bond donors (Lipinski definition) is 1. The van der Waals surface area contributed by atoms with Crippen LogP contribution in [0.2, 0.25) is 0 Å². The fraction of sp³-hybridized carbons (Fsp3) is 0.316. The topological polar surface area (TPSA) is 32.3 Å². The molecule has 22 heavy (non-hydrogen) atoms. The number of nitrogens with one attached hydrogen (secondary N) is 1. The molecule has 0 spiro atoms. The van der Waals surface area contributed by atoms with E-state index in [2.05, 4.69) is 38.2 Å². The monoisotopic (exact) mass is 294 g/mol. The number of hydrogen-bond acceptors (Lipinski definition) is 1. The van der Waals surface area contributed by atoms with Gasteiger partial charge in [-0.05, 0) is 35.1 Å². The number of carbonyl (C=O) groups is 1. The Hall–Kier alpha value is -2.29. The van der Waals surface area contributed by atoms with Crippen LogP contribution in [0.1, 0.15) is 31.9 Å². The predicted octanol–water partition coefficient (Wildman–Crippen LogP) is 4.58. The normalized spacial score (nSPS) is 13.9. The van der Waals surface area contributed by atoms with Crippen molar-refractivity contribution in [1.29, 1.82) is 0 Å².